The Morgan fingerprint density at radius 2 is 1.79 bits per heavy atom. The maximum Gasteiger partial charge on any atom is 0.131 e. The summed E-state index contributed by atoms with van der Waals surface area (Å²) in [5.41, 5.74) is 0. The monoisotopic (exact) mass is 263 g/mol. The molecule has 19 heavy (non-hydrogen) atoms. The average molecular weight is 263 g/mol. The van der Waals surface area contributed by atoms with Crippen molar-refractivity contribution < 1.29 is 4.74 Å². The van der Waals surface area contributed by atoms with E-state index in [4.69, 9.17) is 4.74 Å². The van der Waals surface area contributed by atoms with Crippen molar-refractivity contribution in [1.29, 1.82) is 0 Å². The van der Waals surface area contributed by atoms with E-state index >= 15 is 0 Å². The summed E-state index contributed by atoms with van der Waals surface area (Å²) in [7, 11) is 0. The van der Waals surface area contributed by atoms with Crippen LogP contribution in [0.2, 0.25) is 0 Å². The Bertz CT molecular complexity index is 402. The summed E-state index contributed by atoms with van der Waals surface area (Å²) in [6.45, 7) is 3.76. The first kappa shape index (κ1) is 12.6. The van der Waals surface area contributed by atoms with Crippen LogP contribution in [0.4, 0.5) is 11.6 Å². The van der Waals surface area contributed by atoms with Gasteiger partial charge in [0.05, 0.1) is 0 Å². The molecule has 2 aliphatic rings. The summed E-state index contributed by atoms with van der Waals surface area (Å²) in [6.07, 6.45) is 4.84. The molecule has 3 rings (SSSR count). The zero-order valence-electron chi connectivity index (χ0n) is 11.1. The Hall–Kier alpha value is -1.40. The Morgan fingerprint density at radius 1 is 1.05 bits per heavy atom. The van der Waals surface area contributed by atoms with E-state index in [1.54, 1.807) is 6.33 Å². The van der Waals surface area contributed by atoms with Crippen LogP contribution in [-0.2, 0) is 4.74 Å². The Labute approximate surface area is 113 Å². The Morgan fingerprint density at radius 3 is 2.47 bits per heavy atom. The predicted octanol–water partition coefficient (Wildman–Crippen LogP) is 0.841. The van der Waals surface area contributed by atoms with Gasteiger partial charge >= 0.3 is 0 Å². The number of aromatic nitrogens is 2. The van der Waals surface area contributed by atoms with Gasteiger partial charge in [-0.2, -0.15) is 0 Å². The lowest BCUT2D eigenvalue weighted by molar-refractivity contribution is 0.0904. The SMILES string of the molecule is c1nc(NC2CCOCC2)cc(NC2CCNC2)n1. The van der Waals surface area contributed by atoms with Crippen molar-refractivity contribution in [3.8, 4) is 0 Å². The fraction of sp³-hybridized carbons (Fsp3) is 0.692. The van der Waals surface area contributed by atoms with Gasteiger partial charge in [-0.15, -0.1) is 0 Å². The van der Waals surface area contributed by atoms with Crippen molar-refractivity contribution in [2.45, 2.75) is 31.3 Å². The standard InChI is InChI=1S/C13H21N5O/c1-4-14-8-11(1)18-13-7-12(15-9-16-13)17-10-2-5-19-6-3-10/h7,9-11,14H,1-6,8H2,(H2,15,16,17,18). The van der Waals surface area contributed by atoms with Gasteiger partial charge in [-0.05, 0) is 25.8 Å². The van der Waals surface area contributed by atoms with Crippen molar-refractivity contribution >= 4 is 11.6 Å². The van der Waals surface area contributed by atoms with Crippen LogP contribution >= 0.6 is 0 Å². The van der Waals surface area contributed by atoms with Crippen LogP contribution in [0.25, 0.3) is 0 Å². The molecule has 0 radical (unpaired) electrons. The molecule has 1 aromatic heterocycles. The second-order valence-corrected chi connectivity index (χ2v) is 5.15. The van der Waals surface area contributed by atoms with Crippen LogP contribution in [0.3, 0.4) is 0 Å². The topological polar surface area (TPSA) is 71.1 Å². The van der Waals surface area contributed by atoms with Crippen LogP contribution in [0, 0.1) is 0 Å². The highest BCUT2D eigenvalue weighted by atomic mass is 16.5. The van der Waals surface area contributed by atoms with Crippen LogP contribution in [-0.4, -0.2) is 48.4 Å². The average Bonchev–Trinajstić information content (AvgIpc) is 2.93. The van der Waals surface area contributed by atoms with Crippen molar-refractivity contribution in [1.82, 2.24) is 15.3 Å². The molecule has 3 N–H and O–H groups in total. The largest absolute Gasteiger partial charge is 0.381 e. The molecule has 2 saturated heterocycles. The van der Waals surface area contributed by atoms with Gasteiger partial charge in [0.15, 0.2) is 0 Å². The Kier molecular flexibility index (Phi) is 4.10. The summed E-state index contributed by atoms with van der Waals surface area (Å²) in [5, 5.41) is 10.2. The zero-order chi connectivity index (χ0) is 12.9. The van der Waals surface area contributed by atoms with E-state index in [1.165, 1.54) is 0 Å². The summed E-state index contributed by atoms with van der Waals surface area (Å²) >= 11 is 0. The molecule has 0 spiro atoms. The van der Waals surface area contributed by atoms with E-state index in [9.17, 15) is 0 Å². The molecular formula is C13H21N5O. The van der Waals surface area contributed by atoms with E-state index < -0.39 is 0 Å². The van der Waals surface area contributed by atoms with E-state index in [0.29, 0.717) is 12.1 Å². The van der Waals surface area contributed by atoms with Crippen molar-refractivity contribution in [3.05, 3.63) is 12.4 Å². The van der Waals surface area contributed by atoms with Gasteiger partial charge < -0.3 is 20.7 Å². The molecule has 1 unspecified atom stereocenters. The fourth-order valence-electron chi connectivity index (χ4n) is 2.55. The highest BCUT2D eigenvalue weighted by Crippen LogP contribution is 2.16. The molecule has 0 aromatic carbocycles. The quantitative estimate of drug-likeness (QED) is 0.748. The number of ether oxygens (including phenoxy) is 1. The molecule has 3 heterocycles. The number of nitrogens with one attached hydrogen (secondary N) is 3. The molecule has 6 heteroatoms. The maximum absolute atomic E-state index is 5.36. The molecular weight excluding hydrogens is 242 g/mol. The number of nitrogens with zero attached hydrogens (tertiary/aromatic N) is 2. The van der Waals surface area contributed by atoms with Crippen molar-refractivity contribution in [3.63, 3.8) is 0 Å². The van der Waals surface area contributed by atoms with Gasteiger partial charge in [-0.3, -0.25) is 0 Å². The molecule has 0 saturated carbocycles. The molecule has 0 amide bonds. The van der Waals surface area contributed by atoms with E-state index in [1.807, 2.05) is 6.07 Å². The van der Waals surface area contributed by atoms with Gasteiger partial charge in [0.25, 0.3) is 0 Å². The van der Waals surface area contributed by atoms with Gasteiger partial charge in [-0.25, -0.2) is 9.97 Å². The third-order valence-corrected chi connectivity index (χ3v) is 3.65. The summed E-state index contributed by atoms with van der Waals surface area (Å²) in [5.74, 6) is 1.80. The van der Waals surface area contributed by atoms with Crippen LogP contribution in [0.15, 0.2) is 12.4 Å². The number of hydrogen-bond acceptors (Lipinski definition) is 6. The van der Waals surface area contributed by atoms with Crippen molar-refractivity contribution in [2.75, 3.05) is 36.9 Å². The number of rotatable bonds is 4. The molecule has 1 aromatic rings. The lowest BCUT2D eigenvalue weighted by atomic mass is 10.1. The Balaban J connectivity index is 1.58. The number of hydrogen-bond donors (Lipinski definition) is 3. The summed E-state index contributed by atoms with van der Waals surface area (Å²) in [4.78, 5) is 8.57. The second kappa shape index (κ2) is 6.16. The highest BCUT2D eigenvalue weighted by molar-refractivity contribution is 5.47. The van der Waals surface area contributed by atoms with Gasteiger partial charge in [0.2, 0.25) is 0 Å². The minimum atomic E-state index is 0.463. The zero-order valence-corrected chi connectivity index (χ0v) is 11.1. The van der Waals surface area contributed by atoms with E-state index in [-0.39, 0.29) is 0 Å². The van der Waals surface area contributed by atoms with Crippen LogP contribution < -0.4 is 16.0 Å². The van der Waals surface area contributed by atoms with E-state index in [0.717, 1.165) is 57.2 Å². The highest BCUT2D eigenvalue weighted by Gasteiger charge is 2.16. The maximum atomic E-state index is 5.36. The molecule has 6 nitrogen and oxygen atoms in total. The molecule has 104 valence electrons. The molecule has 1 atom stereocenters. The minimum Gasteiger partial charge on any atom is -0.381 e. The fourth-order valence-corrected chi connectivity index (χ4v) is 2.55. The third kappa shape index (κ3) is 3.54. The van der Waals surface area contributed by atoms with Crippen LogP contribution in [0.5, 0.6) is 0 Å². The van der Waals surface area contributed by atoms with E-state index in [2.05, 4.69) is 25.9 Å². The third-order valence-electron chi connectivity index (χ3n) is 3.65. The lowest BCUT2D eigenvalue weighted by Crippen LogP contribution is -2.28. The predicted molar refractivity (Wildman–Crippen MR) is 74.4 cm³/mol. The summed E-state index contributed by atoms with van der Waals surface area (Å²) < 4.78 is 5.36. The first-order valence-electron chi connectivity index (χ1n) is 7.04. The smallest absolute Gasteiger partial charge is 0.131 e. The number of anilines is 2. The molecule has 2 fully saturated rings. The minimum absolute atomic E-state index is 0.463. The molecule has 0 bridgehead atoms. The van der Waals surface area contributed by atoms with Crippen molar-refractivity contribution in [2.24, 2.45) is 0 Å². The molecule has 0 aliphatic carbocycles. The first-order chi connectivity index (χ1) is 9.40. The normalized spacial score (nSPS) is 24.3. The lowest BCUT2D eigenvalue weighted by Gasteiger charge is -2.23. The van der Waals surface area contributed by atoms with Gasteiger partial charge in [-0.1, -0.05) is 0 Å². The van der Waals surface area contributed by atoms with Gasteiger partial charge in [0.1, 0.15) is 18.0 Å². The second-order valence-electron chi connectivity index (χ2n) is 5.15. The summed E-state index contributed by atoms with van der Waals surface area (Å²) in [6, 6.07) is 2.93. The molecule has 2 aliphatic heterocycles. The first-order valence-corrected chi connectivity index (χ1v) is 7.04. The van der Waals surface area contributed by atoms with Crippen LogP contribution in [0.1, 0.15) is 19.3 Å². The van der Waals surface area contributed by atoms with Gasteiger partial charge in [0, 0.05) is 37.9 Å².